The Morgan fingerprint density at radius 1 is 0.939 bits per heavy atom. The van der Waals surface area contributed by atoms with E-state index >= 15 is 0 Å². The summed E-state index contributed by atoms with van der Waals surface area (Å²) in [6.07, 6.45) is 5.86. The van der Waals surface area contributed by atoms with Crippen molar-refractivity contribution in [2.24, 2.45) is 23.7 Å². The molecule has 3 heterocycles. The van der Waals surface area contributed by atoms with Crippen LogP contribution in [0.25, 0.3) is 11.6 Å². The molecule has 7 heteroatoms. The number of allylic oxidation sites excluding steroid dienone is 2. The predicted octanol–water partition coefficient (Wildman–Crippen LogP) is 8.65. The number of hydrogen-bond donors (Lipinski definition) is 2. The molecule has 0 bridgehead atoms. The highest BCUT2D eigenvalue weighted by Gasteiger charge is 2.57. The van der Waals surface area contributed by atoms with E-state index in [-0.39, 0.29) is 35.7 Å². The number of fused-ring (bicyclic) bond motifs is 3. The number of benzene rings is 3. The van der Waals surface area contributed by atoms with E-state index in [2.05, 4.69) is 30.2 Å². The molecular weight excluding hydrogens is 610 g/mol. The van der Waals surface area contributed by atoms with E-state index in [1.54, 1.807) is 6.20 Å². The first kappa shape index (κ1) is 32.5. The highest BCUT2D eigenvalue weighted by atomic mass is 16.5. The van der Waals surface area contributed by atoms with Gasteiger partial charge in [0.1, 0.15) is 5.75 Å². The van der Waals surface area contributed by atoms with Crippen LogP contribution in [-0.4, -0.2) is 34.6 Å². The quantitative estimate of drug-likeness (QED) is 0.139. The number of hydrogen-bond acceptors (Lipinski definition) is 6. The van der Waals surface area contributed by atoms with Gasteiger partial charge >= 0.3 is 0 Å². The van der Waals surface area contributed by atoms with Crippen LogP contribution in [0.2, 0.25) is 0 Å². The third kappa shape index (κ3) is 6.31. The minimum atomic E-state index is -0.425. The van der Waals surface area contributed by atoms with Crippen LogP contribution < -0.4 is 10.2 Å². The number of imide groups is 1. The van der Waals surface area contributed by atoms with Crippen molar-refractivity contribution in [3.05, 3.63) is 125 Å². The van der Waals surface area contributed by atoms with Gasteiger partial charge in [-0.15, -0.1) is 0 Å². The van der Waals surface area contributed by atoms with Gasteiger partial charge in [-0.2, -0.15) is 0 Å². The minimum Gasteiger partial charge on any atom is -0.507 e. The van der Waals surface area contributed by atoms with Crippen molar-refractivity contribution in [2.75, 3.05) is 16.8 Å². The number of aryl methyl sites for hydroxylation is 2. The van der Waals surface area contributed by atoms with E-state index < -0.39 is 5.92 Å². The van der Waals surface area contributed by atoms with Gasteiger partial charge in [-0.1, -0.05) is 43.7 Å². The number of aromatic nitrogens is 1. The lowest BCUT2D eigenvalue weighted by atomic mass is 9.67. The van der Waals surface area contributed by atoms with E-state index in [1.807, 2.05) is 98.8 Å². The Bertz CT molecular complexity index is 1910. The second-order valence-corrected chi connectivity index (χ2v) is 13.9. The van der Waals surface area contributed by atoms with Gasteiger partial charge in [-0.25, -0.2) is 0 Å². The number of ether oxygens (including phenoxy) is 1. The first-order valence-corrected chi connectivity index (χ1v) is 17.3. The van der Waals surface area contributed by atoms with E-state index in [0.29, 0.717) is 24.5 Å². The van der Waals surface area contributed by atoms with Crippen molar-refractivity contribution < 1.29 is 19.4 Å². The number of carbonyl (C=O) groups is 2. The molecule has 4 atom stereocenters. The van der Waals surface area contributed by atoms with Crippen molar-refractivity contribution >= 4 is 40.5 Å². The maximum Gasteiger partial charge on any atom is 0.238 e. The van der Waals surface area contributed by atoms with Crippen molar-refractivity contribution in [3.8, 4) is 5.75 Å². The fourth-order valence-corrected chi connectivity index (χ4v) is 7.98. The molecule has 0 saturated carbocycles. The molecule has 2 aliphatic heterocycles. The molecule has 2 fully saturated rings. The smallest absolute Gasteiger partial charge is 0.238 e. The number of phenols is 1. The zero-order valence-electron chi connectivity index (χ0n) is 28.5. The second-order valence-electron chi connectivity index (χ2n) is 13.9. The lowest BCUT2D eigenvalue weighted by molar-refractivity contribution is -0.122. The average Bonchev–Trinajstić information content (AvgIpc) is 3.63. The number of nitrogens with zero attached hydrogens (tertiary/aromatic N) is 2. The number of para-hydroxylation sites is 1. The molecule has 2 saturated heterocycles. The molecule has 49 heavy (non-hydrogen) atoms. The molecule has 2 amide bonds. The topological polar surface area (TPSA) is 91.8 Å². The summed E-state index contributed by atoms with van der Waals surface area (Å²) in [5.74, 6) is -0.608. The van der Waals surface area contributed by atoms with Gasteiger partial charge in [-0.3, -0.25) is 19.5 Å². The first-order valence-electron chi connectivity index (χ1n) is 17.3. The summed E-state index contributed by atoms with van der Waals surface area (Å²) in [6.45, 7) is 8.63. The summed E-state index contributed by atoms with van der Waals surface area (Å²) < 4.78 is 6.55. The molecule has 7 nitrogen and oxygen atoms in total. The summed E-state index contributed by atoms with van der Waals surface area (Å²) >= 11 is 0. The second kappa shape index (κ2) is 13.5. The van der Waals surface area contributed by atoms with Crippen LogP contribution in [0, 0.1) is 37.5 Å². The van der Waals surface area contributed by atoms with Crippen LogP contribution in [-0.2, 0) is 14.3 Å². The molecule has 0 unspecified atom stereocenters. The fraction of sp³-hybridized carbons (Fsp3) is 0.310. The molecule has 3 aromatic carbocycles. The Balaban J connectivity index is 1.13. The summed E-state index contributed by atoms with van der Waals surface area (Å²) in [7, 11) is 0. The van der Waals surface area contributed by atoms with Gasteiger partial charge in [0, 0.05) is 23.5 Å². The molecule has 0 radical (unpaired) electrons. The molecule has 3 aliphatic rings. The summed E-state index contributed by atoms with van der Waals surface area (Å²) in [4.78, 5) is 34.2. The molecular formula is C42H43N3O4. The molecule has 1 aliphatic carbocycles. The van der Waals surface area contributed by atoms with Crippen LogP contribution in [0.5, 0.6) is 5.75 Å². The first-order chi connectivity index (χ1) is 23.7. The molecule has 1 aromatic heterocycles. The van der Waals surface area contributed by atoms with Crippen LogP contribution in [0.4, 0.5) is 17.1 Å². The maximum absolute atomic E-state index is 14.2. The molecule has 0 spiro atoms. The summed E-state index contributed by atoms with van der Waals surface area (Å²) in [6, 6.07) is 27.4. The van der Waals surface area contributed by atoms with Crippen LogP contribution in [0.3, 0.4) is 0 Å². The van der Waals surface area contributed by atoms with Gasteiger partial charge in [0.15, 0.2) is 0 Å². The third-order valence-electron chi connectivity index (χ3n) is 10.4. The Morgan fingerprint density at radius 2 is 1.63 bits per heavy atom. The number of amides is 2. The number of aromatic hydroxyl groups is 1. The highest BCUT2D eigenvalue weighted by molar-refractivity contribution is 6.22. The summed E-state index contributed by atoms with van der Waals surface area (Å²) in [5, 5.41) is 13.7. The zero-order chi connectivity index (χ0) is 34.2. The largest absolute Gasteiger partial charge is 0.507 e. The van der Waals surface area contributed by atoms with Crippen molar-refractivity contribution in [1.29, 1.82) is 0 Å². The number of phenolic OH excluding ortho intramolecular Hbond substituents is 1. The number of nitrogens with one attached hydrogen (secondary N) is 1. The number of carbonyl (C=O) groups excluding carboxylic acids is 2. The van der Waals surface area contributed by atoms with Crippen molar-refractivity contribution in [2.45, 2.75) is 53.1 Å². The summed E-state index contributed by atoms with van der Waals surface area (Å²) in [5.41, 5.74) is 9.61. The van der Waals surface area contributed by atoms with Crippen LogP contribution in [0.1, 0.15) is 55.5 Å². The Labute approximate surface area is 288 Å². The number of anilines is 3. The van der Waals surface area contributed by atoms with E-state index in [4.69, 9.17) is 4.74 Å². The third-order valence-corrected chi connectivity index (χ3v) is 10.4. The van der Waals surface area contributed by atoms with E-state index in [9.17, 15) is 14.7 Å². The predicted molar refractivity (Wildman–Crippen MR) is 194 cm³/mol. The monoisotopic (exact) mass is 653 g/mol. The number of rotatable bonds is 9. The maximum atomic E-state index is 14.2. The van der Waals surface area contributed by atoms with Crippen LogP contribution >= 0.6 is 0 Å². The van der Waals surface area contributed by atoms with Crippen molar-refractivity contribution in [3.63, 3.8) is 0 Å². The average molecular weight is 654 g/mol. The molecule has 2 N–H and O–H groups in total. The number of pyridine rings is 1. The van der Waals surface area contributed by atoms with Gasteiger partial charge in [0.2, 0.25) is 11.8 Å². The van der Waals surface area contributed by atoms with Crippen LogP contribution in [0.15, 0.2) is 102 Å². The fourth-order valence-electron chi connectivity index (χ4n) is 7.98. The van der Waals surface area contributed by atoms with Gasteiger partial charge in [0.25, 0.3) is 0 Å². The normalized spacial score (nSPS) is 22.1. The molecule has 4 aromatic rings. The van der Waals surface area contributed by atoms with Gasteiger partial charge in [-0.05, 0) is 134 Å². The van der Waals surface area contributed by atoms with Gasteiger partial charge in [0.05, 0.1) is 35.9 Å². The zero-order valence-corrected chi connectivity index (χ0v) is 28.5. The molecule has 250 valence electrons. The SMILES string of the molecule is Cc1cc(/C=C(/CC[C@H]2OC[C@H]3C2=C(C(C)C)C[C@H]2C(=O)N(c4ccc(Nc5ccccc5)cc4)C(=O)[C@H]23)c2ccccn2)cc(C)c1O. The van der Waals surface area contributed by atoms with Gasteiger partial charge < -0.3 is 15.2 Å². The lowest BCUT2D eigenvalue weighted by Crippen LogP contribution is -2.35. The Morgan fingerprint density at radius 3 is 2.31 bits per heavy atom. The van der Waals surface area contributed by atoms with E-state index in [0.717, 1.165) is 52.2 Å². The van der Waals surface area contributed by atoms with Crippen molar-refractivity contribution in [1.82, 2.24) is 4.98 Å². The molecule has 7 rings (SSSR count). The Hall–Kier alpha value is -5.01. The Kier molecular flexibility index (Phi) is 8.95. The minimum absolute atomic E-state index is 0.112. The van der Waals surface area contributed by atoms with E-state index in [1.165, 1.54) is 16.0 Å². The standard InChI is InChI=1S/C42H43N3O4/c1-25(2)33-23-34-39(42(48)45(41(34)47)32-16-14-31(15-17-32)44-30-10-6-5-7-11-30)35-24-49-37(38(33)35)18-13-29(36-12-8-9-19-43-36)22-28-20-26(3)40(46)27(4)21-28/h5-12,14-17,19-22,25,34-35,37,39,44,46H,13,18,23-24H2,1-4H3/b29-22-/t34-,35+,37-,39-/m1/s1. The lowest BCUT2D eigenvalue weighted by Gasteiger charge is -2.33. The highest BCUT2D eigenvalue weighted by Crippen LogP contribution is 2.52.